The smallest absolute Gasteiger partial charge is 0.0481 e. The fraction of sp³-hybridized carbons (Fsp3) is 0.0667. The number of hydrogen-bond acceptors (Lipinski definition) is 2. The topological polar surface area (TPSA) is 0 Å². The van der Waals surface area contributed by atoms with Crippen LogP contribution in [0.25, 0.3) is 16.0 Å². The molecule has 3 rings (SSSR count). The Hall–Kier alpha value is -1.12. The minimum absolute atomic E-state index is 1.15. The van der Waals surface area contributed by atoms with E-state index in [0.29, 0.717) is 0 Å². The van der Waals surface area contributed by atoms with Crippen LogP contribution in [-0.2, 0) is 0 Å². The lowest BCUT2D eigenvalue weighted by molar-refractivity contribution is 1.60. The molecule has 0 saturated heterocycles. The summed E-state index contributed by atoms with van der Waals surface area (Å²) in [6.07, 6.45) is 0. The molecule has 0 unspecified atom stereocenters. The van der Waals surface area contributed by atoms with Gasteiger partial charge in [-0.1, -0.05) is 54.6 Å². The quantitative estimate of drug-likeness (QED) is 0.734. The molecule has 0 radical (unpaired) electrons. The summed E-state index contributed by atoms with van der Waals surface area (Å²) in [5, 5.41) is 3.40. The van der Waals surface area contributed by atoms with Gasteiger partial charge in [-0.15, -0.1) is 23.5 Å². The molecule has 0 saturated carbocycles. The minimum Gasteiger partial charge on any atom is -0.122 e. The number of benzene rings is 2. The van der Waals surface area contributed by atoms with Gasteiger partial charge in [0.2, 0.25) is 0 Å². The van der Waals surface area contributed by atoms with Crippen LogP contribution in [0.4, 0.5) is 0 Å². The third kappa shape index (κ3) is 2.43. The van der Waals surface area contributed by atoms with Crippen molar-refractivity contribution < 1.29 is 0 Å². The van der Waals surface area contributed by atoms with Gasteiger partial charge in [0.05, 0.1) is 0 Å². The first-order chi connectivity index (χ1) is 8.43. The van der Waals surface area contributed by atoms with Crippen LogP contribution in [0.2, 0.25) is 0 Å². The maximum Gasteiger partial charge on any atom is 0.0481 e. The zero-order valence-corrected chi connectivity index (χ0v) is 10.9. The molecule has 1 aliphatic heterocycles. The summed E-state index contributed by atoms with van der Waals surface area (Å²) in [5.74, 6) is 0. The van der Waals surface area contributed by atoms with Gasteiger partial charge in [0.25, 0.3) is 0 Å². The molecule has 2 heteroatoms. The van der Waals surface area contributed by atoms with Crippen molar-refractivity contribution in [1.82, 2.24) is 0 Å². The molecular formula is C15H12S2. The van der Waals surface area contributed by atoms with E-state index in [2.05, 4.69) is 60.0 Å². The Kier molecular flexibility index (Phi) is 3.25. The van der Waals surface area contributed by atoms with Crippen LogP contribution in [0, 0.1) is 0 Å². The van der Waals surface area contributed by atoms with Crippen molar-refractivity contribution in [3.05, 3.63) is 65.6 Å². The predicted octanol–water partition coefficient (Wildman–Crippen LogP) is 5.09. The fourth-order valence-corrected chi connectivity index (χ4v) is 3.97. The lowest BCUT2D eigenvalue weighted by atomic mass is 10.0. The second-order valence-corrected chi connectivity index (χ2v) is 6.09. The highest BCUT2D eigenvalue weighted by Crippen LogP contribution is 2.39. The third-order valence-corrected chi connectivity index (χ3v) is 4.98. The standard InChI is InChI=1S/C15H12S2/c1-2-4-12(5-3-1)13-6-8-14(9-7-13)15-10-16-11-17-15/h1-10H,11H2. The van der Waals surface area contributed by atoms with Crippen molar-refractivity contribution in [3.8, 4) is 11.1 Å². The van der Waals surface area contributed by atoms with E-state index in [4.69, 9.17) is 0 Å². The van der Waals surface area contributed by atoms with Crippen LogP contribution in [0.1, 0.15) is 5.56 Å². The van der Waals surface area contributed by atoms with Crippen molar-refractivity contribution in [2.24, 2.45) is 0 Å². The van der Waals surface area contributed by atoms with Crippen molar-refractivity contribution in [2.75, 3.05) is 5.08 Å². The van der Waals surface area contributed by atoms with Crippen molar-refractivity contribution in [2.45, 2.75) is 0 Å². The minimum atomic E-state index is 1.15. The molecule has 0 atom stereocenters. The molecule has 84 valence electrons. The Bertz CT molecular complexity index is 527. The number of thioether (sulfide) groups is 2. The van der Waals surface area contributed by atoms with E-state index in [1.165, 1.54) is 21.6 Å². The second-order valence-electron chi connectivity index (χ2n) is 3.85. The molecule has 17 heavy (non-hydrogen) atoms. The van der Waals surface area contributed by atoms with E-state index in [1.54, 1.807) is 0 Å². The molecule has 0 aromatic heterocycles. The monoisotopic (exact) mass is 256 g/mol. The molecule has 0 nitrogen and oxygen atoms in total. The van der Waals surface area contributed by atoms with Gasteiger partial charge in [-0.25, -0.2) is 0 Å². The SMILES string of the molecule is C1=C(c2ccc(-c3ccccc3)cc2)SCS1. The van der Waals surface area contributed by atoms with Gasteiger partial charge in [0.1, 0.15) is 0 Å². The van der Waals surface area contributed by atoms with Crippen LogP contribution < -0.4 is 0 Å². The number of rotatable bonds is 2. The highest BCUT2D eigenvalue weighted by Gasteiger charge is 2.08. The Balaban J connectivity index is 1.90. The fourth-order valence-electron chi connectivity index (χ4n) is 1.85. The molecule has 0 fully saturated rings. The molecule has 0 bridgehead atoms. The molecule has 0 aliphatic carbocycles. The van der Waals surface area contributed by atoms with E-state index in [9.17, 15) is 0 Å². The highest BCUT2D eigenvalue weighted by atomic mass is 32.2. The Morgan fingerprint density at radius 1 is 0.706 bits per heavy atom. The normalized spacial score (nSPS) is 14.7. The van der Waals surface area contributed by atoms with Crippen LogP contribution >= 0.6 is 23.5 Å². The van der Waals surface area contributed by atoms with Gasteiger partial charge in [0.15, 0.2) is 0 Å². The summed E-state index contributed by atoms with van der Waals surface area (Å²) in [5.41, 5.74) is 3.90. The van der Waals surface area contributed by atoms with Gasteiger partial charge in [-0.3, -0.25) is 0 Å². The maximum atomic E-state index is 2.25. The highest BCUT2D eigenvalue weighted by molar-refractivity contribution is 8.25. The lowest BCUT2D eigenvalue weighted by Gasteiger charge is -2.04. The van der Waals surface area contributed by atoms with Gasteiger partial charge in [-0.2, -0.15) is 0 Å². The van der Waals surface area contributed by atoms with E-state index in [-0.39, 0.29) is 0 Å². The van der Waals surface area contributed by atoms with Crippen LogP contribution in [0.5, 0.6) is 0 Å². The molecule has 2 aromatic rings. The zero-order valence-electron chi connectivity index (χ0n) is 9.30. The summed E-state index contributed by atoms with van der Waals surface area (Å²) in [4.78, 5) is 1.40. The van der Waals surface area contributed by atoms with E-state index in [0.717, 1.165) is 5.08 Å². The molecule has 1 aliphatic rings. The van der Waals surface area contributed by atoms with E-state index >= 15 is 0 Å². The first-order valence-corrected chi connectivity index (χ1v) is 7.57. The Morgan fingerprint density at radius 3 is 2.00 bits per heavy atom. The average molecular weight is 256 g/mol. The van der Waals surface area contributed by atoms with Crippen molar-refractivity contribution in [1.29, 1.82) is 0 Å². The summed E-state index contributed by atoms with van der Waals surface area (Å²) >= 11 is 3.80. The largest absolute Gasteiger partial charge is 0.122 e. The average Bonchev–Trinajstić information content (AvgIpc) is 2.94. The third-order valence-electron chi connectivity index (χ3n) is 2.75. The van der Waals surface area contributed by atoms with Crippen LogP contribution in [0.3, 0.4) is 0 Å². The van der Waals surface area contributed by atoms with E-state index < -0.39 is 0 Å². The van der Waals surface area contributed by atoms with Gasteiger partial charge in [0, 0.05) is 9.99 Å². The van der Waals surface area contributed by atoms with E-state index in [1.807, 2.05) is 23.5 Å². The Labute approximate surface area is 110 Å². The number of hydrogen-bond donors (Lipinski definition) is 0. The second kappa shape index (κ2) is 5.03. The van der Waals surface area contributed by atoms with Gasteiger partial charge < -0.3 is 0 Å². The predicted molar refractivity (Wildman–Crippen MR) is 79.9 cm³/mol. The van der Waals surface area contributed by atoms with Gasteiger partial charge in [-0.05, 0) is 22.1 Å². The molecule has 0 spiro atoms. The lowest BCUT2D eigenvalue weighted by Crippen LogP contribution is -1.80. The summed E-state index contributed by atoms with van der Waals surface area (Å²) in [6.45, 7) is 0. The van der Waals surface area contributed by atoms with Crippen molar-refractivity contribution in [3.63, 3.8) is 0 Å². The molecule has 0 N–H and O–H groups in total. The molecule has 1 heterocycles. The van der Waals surface area contributed by atoms with Crippen LogP contribution in [-0.4, -0.2) is 5.08 Å². The summed E-state index contributed by atoms with van der Waals surface area (Å²) in [6, 6.07) is 19.3. The Morgan fingerprint density at radius 2 is 1.35 bits per heavy atom. The first-order valence-electron chi connectivity index (χ1n) is 5.54. The molecular weight excluding hydrogens is 244 g/mol. The first kappa shape index (κ1) is 11.0. The summed E-state index contributed by atoms with van der Waals surface area (Å²) < 4.78 is 0. The summed E-state index contributed by atoms with van der Waals surface area (Å²) in [7, 11) is 0. The van der Waals surface area contributed by atoms with Crippen molar-refractivity contribution >= 4 is 28.4 Å². The zero-order chi connectivity index (χ0) is 11.5. The van der Waals surface area contributed by atoms with Crippen LogP contribution in [0.15, 0.2) is 60.0 Å². The van der Waals surface area contributed by atoms with Gasteiger partial charge >= 0.3 is 0 Å². The maximum absolute atomic E-state index is 2.25. The molecule has 0 amide bonds. The molecule has 2 aromatic carbocycles.